The first-order valence-corrected chi connectivity index (χ1v) is 8.72. The summed E-state index contributed by atoms with van der Waals surface area (Å²) in [7, 11) is 1.70. The van der Waals surface area contributed by atoms with Gasteiger partial charge in [0.2, 0.25) is 5.91 Å². The molecular formula is C18H29Cl2N3O3. The van der Waals surface area contributed by atoms with Crippen molar-refractivity contribution in [1.29, 1.82) is 0 Å². The summed E-state index contributed by atoms with van der Waals surface area (Å²) in [6.45, 7) is 5.17. The molecule has 1 aromatic carbocycles. The average molecular weight is 406 g/mol. The molecule has 0 aromatic heterocycles. The van der Waals surface area contributed by atoms with Crippen LogP contribution in [0.15, 0.2) is 24.3 Å². The molecule has 6 nitrogen and oxygen atoms in total. The molecule has 0 spiro atoms. The first kappa shape index (κ1) is 22.8. The molecule has 148 valence electrons. The maximum Gasteiger partial charge on any atom is 0.240 e. The number of halogens is 2. The Labute approximate surface area is 167 Å². The van der Waals surface area contributed by atoms with Gasteiger partial charge in [0.05, 0.1) is 25.5 Å². The number of carbonyl (C=O) groups excluding carboxylic acids is 1. The van der Waals surface area contributed by atoms with Crippen LogP contribution in [-0.4, -0.2) is 57.4 Å². The van der Waals surface area contributed by atoms with Crippen LogP contribution in [0.1, 0.15) is 19.8 Å². The summed E-state index contributed by atoms with van der Waals surface area (Å²) in [5.41, 5.74) is 1.13. The van der Waals surface area contributed by atoms with Crippen molar-refractivity contribution in [3.63, 3.8) is 0 Å². The molecule has 2 saturated heterocycles. The van der Waals surface area contributed by atoms with Crippen molar-refractivity contribution >= 4 is 36.4 Å². The third kappa shape index (κ3) is 5.39. The maximum absolute atomic E-state index is 12.4. The van der Waals surface area contributed by atoms with Gasteiger partial charge in [-0.1, -0.05) is 12.1 Å². The van der Waals surface area contributed by atoms with Crippen molar-refractivity contribution in [3.05, 3.63) is 24.3 Å². The number of methoxy groups -OCH3 is 1. The van der Waals surface area contributed by atoms with Gasteiger partial charge in [0.25, 0.3) is 0 Å². The molecule has 0 bridgehead atoms. The smallest absolute Gasteiger partial charge is 0.240 e. The lowest BCUT2D eigenvalue weighted by Gasteiger charge is -2.36. The number of para-hydroxylation sites is 2. The molecule has 0 saturated carbocycles. The van der Waals surface area contributed by atoms with Gasteiger partial charge in [0.1, 0.15) is 11.8 Å². The van der Waals surface area contributed by atoms with Crippen LogP contribution in [0.4, 0.5) is 5.69 Å². The lowest BCUT2D eigenvalue weighted by atomic mass is 10.0. The average Bonchev–Trinajstić information content (AvgIpc) is 2.62. The van der Waals surface area contributed by atoms with Gasteiger partial charge in [-0.2, -0.15) is 0 Å². The van der Waals surface area contributed by atoms with Crippen LogP contribution in [0, 0.1) is 0 Å². The topological polar surface area (TPSA) is 62.8 Å². The molecule has 3 rings (SSSR count). The Morgan fingerprint density at radius 2 is 1.96 bits per heavy atom. The van der Waals surface area contributed by atoms with E-state index in [1.165, 1.54) is 0 Å². The van der Waals surface area contributed by atoms with E-state index in [0.29, 0.717) is 6.61 Å². The van der Waals surface area contributed by atoms with Gasteiger partial charge in [-0.05, 0) is 31.9 Å². The first-order chi connectivity index (χ1) is 11.7. The summed E-state index contributed by atoms with van der Waals surface area (Å²) >= 11 is 0. The van der Waals surface area contributed by atoms with Gasteiger partial charge >= 0.3 is 0 Å². The highest BCUT2D eigenvalue weighted by molar-refractivity contribution is 5.85. The zero-order chi connectivity index (χ0) is 16.9. The number of hydrogen-bond acceptors (Lipinski definition) is 5. The van der Waals surface area contributed by atoms with Crippen molar-refractivity contribution in [1.82, 2.24) is 10.6 Å². The highest BCUT2D eigenvalue weighted by atomic mass is 35.5. The Bertz CT molecular complexity index is 568. The molecule has 2 fully saturated rings. The van der Waals surface area contributed by atoms with Crippen LogP contribution in [0.2, 0.25) is 0 Å². The van der Waals surface area contributed by atoms with Crippen LogP contribution in [0.5, 0.6) is 5.75 Å². The highest BCUT2D eigenvalue weighted by Crippen LogP contribution is 2.29. The molecule has 26 heavy (non-hydrogen) atoms. The molecule has 1 amide bonds. The summed E-state index contributed by atoms with van der Waals surface area (Å²) in [6, 6.07) is 8.06. The lowest BCUT2D eigenvalue weighted by Crippen LogP contribution is -2.58. The number of hydrogen-bond donors (Lipinski definition) is 2. The van der Waals surface area contributed by atoms with Crippen LogP contribution in [0.3, 0.4) is 0 Å². The van der Waals surface area contributed by atoms with E-state index in [0.717, 1.165) is 43.9 Å². The molecule has 8 heteroatoms. The van der Waals surface area contributed by atoms with E-state index in [4.69, 9.17) is 9.47 Å². The van der Waals surface area contributed by atoms with Crippen molar-refractivity contribution < 1.29 is 14.3 Å². The zero-order valence-electron chi connectivity index (χ0n) is 15.3. The van der Waals surface area contributed by atoms with Crippen molar-refractivity contribution in [3.8, 4) is 5.75 Å². The fraction of sp³-hybridized carbons (Fsp3) is 0.611. The number of morpholine rings is 1. The monoisotopic (exact) mass is 405 g/mol. The number of nitrogens with zero attached hydrogens (tertiary/aromatic N) is 1. The van der Waals surface area contributed by atoms with E-state index in [1.54, 1.807) is 7.11 Å². The number of carbonyl (C=O) groups is 1. The molecule has 2 atom stereocenters. The number of ether oxygens (including phenoxy) is 2. The Hall–Kier alpha value is -1.21. The van der Waals surface area contributed by atoms with Crippen LogP contribution in [-0.2, 0) is 9.53 Å². The molecule has 0 aliphatic carbocycles. The summed E-state index contributed by atoms with van der Waals surface area (Å²) in [6.07, 6.45) is 1.80. The fourth-order valence-corrected chi connectivity index (χ4v) is 3.47. The van der Waals surface area contributed by atoms with Gasteiger partial charge in [-0.25, -0.2) is 0 Å². The van der Waals surface area contributed by atoms with Crippen molar-refractivity contribution in [2.45, 2.75) is 38.0 Å². The van der Waals surface area contributed by atoms with E-state index in [1.807, 2.05) is 25.1 Å². The number of anilines is 1. The minimum Gasteiger partial charge on any atom is -0.495 e. The third-order valence-corrected chi connectivity index (χ3v) is 4.87. The van der Waals surface area contributed by atoms with Crippen molar-refractivity contribution in [2.75, 3.05) is 38.3 Å². The second kappa shape index (κ2) is 10.8. The fourth-order valence-electron chi connectivity index (χ4n) is 3.47. The predicted molar refractivity (Wildman–Crippen MR) is 108 cm³/mol. The minimum atomic E-state index is -0.244. The van der Waals surface area contributed by atoms with E-state index >= 15 is 0 Å². The second-order valence-electron chi connectivity index (χ2n) is 6.45. The SMILES string of the molecule is COc1ccccc1N1CCC(NC(=O)[C@H]2NCCO[C@@H]2C)CC1.Cl.Cl. The number of piperidine rings is 1. The Morgan fingerprint density at radius 3 is 2.62 bits per heavy atom. The molecule has 1 aromatic rings. The van der Waals surface area contributed by atoms with E-state index < -0.39 is 0 Å². The number of amides is 1. The first-order valence-electron chi connectivity index (χ1n) is 8.72. The second-order valence-corrected chi connectivity index (χ2v) is 6.45. The summed E-state index contributed by atoms with van der Waals surface area (Å²) < 4.78 is 11.0. The van der Waals surface area contributed by atoms with E-state index in [9.17, 15) is 4.79 Å². The number of benzene rings is 1. The number of nitrogens with one attached hydrogen (secondary N) is 2. The van der Waals surface area contributed by atoms with Crippen LogP contribution >= 0.6 is 24.8 Å². The molecule has 2 N–H and O–H groups in total. The van der Waals surface area contributed by atoms with Crippen LogP contribution in [0.25, 0.3) is 0 Å². The standard InChI is InChI=1S/C18H27N3O3.2ClH/c1-13-17(19-9-12-24-13)18(22)20-14-7-10-21(11-8-14)15-5-3-4-6-16(15)23-2;;/h3-6,13-14,17,19H,7-12H2,1-2H3,(H,20,22);2*1H/t13-,17+;;/m1../s1. The van der Waals surface area contributed by atoms with Gasteiger partial charge in [-0.3, -0.25) is 4.79 Å². The molecule has 0 unspecified atom stereocenters. The Balaban J connectivity index is 0.00000169. The molecule has 2 heterocycles. The minimum absolute atomic E-state index is 0. The van der Waals surface area contributed by atoms with Gasteiger partial charge in [0.15, 0.2) is 0 Å². The third-order valence-electron chi connectivity index (χ3n) is 4.87. The van der Waals surface area contributed by atoms with E-state index in [-0.39, 0.29) is 48.9 Å². The summed E-state index contributed by atoms with van der Waals surface area (Å²) in [5.74, 6) is 0.954. The number of rotatable bonds is 4. The highest BCUT2D eigenvalue weighted by Gasteiger charge is 2.30. The summed E-state index contributed by atoms with van der Waals surface area (Å²) in [5, 5.41) is 6.42. The summed E-state index contributed by atoms with van der Waals surface area (Å²) in [4.78, 5) is 14.8. The Kier molecular flexibility index (Phi) is 9.50. The van der Waals surface area contributed by atoms with Gasteiger partial charge in [-0.15, -0.1) is 24.8 Å². The van der Waals surface area contributed by atoms with Crippen molar-refractivity contribution in [2.24, 2.45) is 0 Å². The normalized spacial score (nSPS) is 23.4. The quantitative estimate of drug-likeness (QED) is 0.801. The molecule has 0 radical (unpaired) electrons. The molecule has 2 aliphatic heterocycles. The molecule has 2 aliphatic rings. The largest absolute Gasteiger partial charge is 0.495 e. The van der Waals surface area contributed by atoms with E-state index in [2.05, 4.69) is 21.6 Å². The predicted octanol–water partition coefficient (Wildman–Crippen LogP) is 2.00. The molecular weight excluding hydrogens is 377 g/mol. The van der Waals surface area contributed by atoms with Crippen LogP contribution < -0.4 is 20.3 Å². The lowest BCUT2D eigenvalue weighted by molar-refractivity contribution is -0.129. The maximum atomic E-state index is 12.4. The van der Waals surface area contributed by atoms with Gasteiger partial charge in [0, 0.05) is 25.7 Å². The zero-order valence-corrected chi connectivity index (χ0v) is 16.9. The van der Waals surface area contributed by atoms with Gasteiger partial charge < -0.3 is 25.0 Å². The Morgan fingerprint density at radius 1 is 1.27 bits per heavy atom.